The lowest BCUT2D eigenvalue weighted by molar-refractivity contribution is 0.0568. The molecule has 2 amide bonds. The fourth-order valence-electron chi connectivity index (χ4n) is 3.42. The van der Waals surface area contributed by atoms with Crippen LogP contribution in [0.5, 0.6) is 17.2 Å². The zero-order valence-electron chi connectivity index (χ0n) is 19.7. The summed E-state index contributed by atoms with van der Waals surface area (Å²) >= 11 is 0. The average Bonchev–Trinajstić information content (AvgIpc) is 3.27. The predicted molar refractivity (Wildman–Crippen MR) is 125 cm³/mol. The quantitative estimate of drug-likeness (QED) is 0.448. The van der Waals surface area contributed by atoms with E-state index >= 15 is 0 Å². The highest BCUT2D eigenvalue weighted by Crippen LogP contribution is 2.29. The molecule has 3 aromatic rings. The van der Waals surface area contributed by atoms with E-state index in [1.165, 1.54) is 24.4 Å². The molecule has 12 heteroatoms. The summed E-state index contributed by atoms with van der Waals surface area (Å²) in [5, 5.41) is 6.10. The molecular formula is C24H25F2N5O5. The zero-order chi connectivity index (χ0) is 25.7. The Morgan fingerprint density at radius 3 is 2.50 bits per heavy atom. The summed E-state index contributed by atoms with van der Waals surface area (Å²) in [6.45, 7) is 0.732. The SMILES string of the molecule is COC[C@H](C)Oc1cc(Oc2ccc(C(=O)N3CCC3)nc2)cc(C(=O)Nc2ccn(C(F)F)n2)c1. The number of carbonyl (C=O) groups is 2. The molecule has 1 aliphatic heterocycles. The fraction of sp³-hybridized carbons (Fsp3) is 0.333. The molecule has 1 fully saturated rings. The van der Waals surface area contributed by atoms with Crippen LogP contribution in [-0.2, 0) is 4.74 Å². The lowest BCUT2D eigenvalue weighted by Crippen LogP contribution is -2.42. The zero-order valence-corrected chi connectivity index (χ0v) is 19.7. The van der Waals surface area contributed by atoms with Crippen molar-refractivity contribution < 1.29 is 32.6 Å². The van der Waals surface area contributed by atoms with Crippen LogP contribution >= 0.6 is 0 Å². The average molecular weight is 501 g/mol. The van der Waals surface area contributed by atoms with Crippen molar-refractivity contribution in [3.05, 3.63) is 60.0 Å². The van der Waals surface area contributed by atoms with Gasteiger partial charge in [-0.1, -0.05) is 0 Å². The maximum atomic E-state index is 12.8. The third kappa shape index (κ3) is 6.13. The van der Waals surface area contributed by atoms with Gasteiger partial charge in [0.15, 0.2) is 5.82 Å². The van der Waals surface area contributed by atoms with E-state index in [9.17, 15) is 18.4 Å². The molecule has 1 aliphatic rings. The first kappa shape index (κ1) is 25.0. The number of ether oxygens (including phenoxy) is 3. The molecule has 190 valence electrons. The van der Waals surface area contributed by atoms with Crippen molar-refractivity contribution in [2.45, 2.75) is 26.0 Å². The summed E-state index contributed by atoms with van der Waals surface area (Å²) in [6.07, 6.45) is 3.14. The number of nitrogens with zero attached hydrogens (tertiary/aromatic N) is 4. The van der Waals surface area contributed by atoms with Gasteiger partial charge in [-0.3, -0.25) is 9.59 Å². The van der Waals surface area contributed by atoms with Gasteiger partial charge >= 0.3 is 6.55 Å². The fourth-order valence-corrected chi connectivity index (χ4v) is 3.42. The topological polar surface area (TPSA) is 108 Å². The van der Waals surface area contributed by atoms with Crippen LogP contribution in [0, 0.1) is 0 Å². The number of carbonyl (C=O) groups excluding carboxylic acids is 2. The molecule has 0 bridgehead atoms. The molecule has 1 N–H and O–H groups in total. The smallest absolute Gasteiger partial charge is 0.333 e. The number of alkyl halides is 2. The highest BCUT2D eigenvalue weighted by Gasteiger charge is 2.22. The molecule has 4 rings (SSSR count). The second kappa shape index (κ2) is 11.1. The van der Waals surface area contributed by atoms with Gasteiger partial charge in [0.25, 0.3) is 11.8 Å². The van der Waals surface area contributed by atoms with Gasteiger partial charge in [0.2, 0.25) is 0 Å². The maximum Gasteiger partial charge on any atom is 0.333 e. The van der Waals surface area contributed by atoms with Gasteiger partial charge in [-0.15, -0.1) is 0 Å². The summed E-state index contributed by atoms with van der Waals surface area (Å²) in [7, 11) is 1.54. The Hall–Kier alpha value is -4.06. The number of benzene rings is 1. The summed E-state index contributed by atoms with van der Waals surface area (Å²) < 4.78 is 42.8. The largest absolute Gasteiger partial charge is 0.488 e. The molecule has 1 saturated heterocycles. The maximum absolute atomic E-state index is 12.8. The lowest BCUT2D eigenvalue weighted by Gasteiger charge is -2.30. The first-order valence-corrected chi connectivity index (χ1v) is 11.2. The third-order valence-corrected chi connectivity index (χ3v) is 5.27. The van der Waals surface area contributed by atoms with Crippen LogP contribution in [0.15, 0.2) is 48.8 Å². The highest BCUT2D eigenvalue weighted by atomic mass is 19.3. The molecule has 1 aromatic carbocycles. The standard InChI is InChI=1S/C24H25F2N5O5/c1-15(14-34-2)35-18-10-16(22(32)28-21-6-9-31(29-21)24(25)26)11-19(12-18)36-17-4-5-20(27-13-17)23(33)30-7-3-8-30/h4-6,9-13,15,24H,3,7-8,14H2,1-2H3,(H,28,29,32)/t15-/m0/s1. The Balaban J connectivity index is 1.53. The number of nitrogens with one attached hydrogen (secondary N) is 1. The molecule has 0 radical (unpaired) electrons. The molecule has 36 heavy (non-hydrogen) atoms. The molecule has 0 spiro atoms. The van der Waals surface area contributed by atoms with Crippen molar-refractivity contribution in [1.29, 1.82) is 0 Å². The molecule has 3 heterocycles. The van der Waals surface area contributed by atoms with Crippen LogP contribution in [0.1, 0.15) is 40.7 Å². The molecule has 2 aromatic heterocycles. The monoisotopic (exact) mass is 501 g/mol. The number of aromatic nitrogens is 3. The van der Waals surface area contributed by atoms with Crippen LogP contribution in [0.3, 0.4) is 0 Å². The normalized spacial score (nSPS) is 13.8. The van der Waals surface area contributed by atoms with Crippen LogP contribution in [0.2, 0.25) is 0 Å². The van der Waals surface area contributed by atoms with E-state index < -0.39 is 12.5 Å². The van der Waals surface area contributed by atoms with Crippen molar-refractivity contribution in [1.82, 2.24) is 19.7 Å². The van der Waals surface area contributed by atoms with E-state index in [0.29, 0.717) is 28.5 Å². The van der Waals surface area contributed by atoms with E-state index in [0.717, 1.165) is 25.7 Å². The summed E-state index contributed by atoms with van der Waals surface area (Å²) in [5.41, 5.74) is 0.465. The lowest BCUT2D eigenvalue weighted by atomic mass is 10.2. The molecule has 10 nitrogen and oxygen atoms in total. The Kier molecular flexibility index (Phi) is 7.74. The minimum Gasteiger partial charge on any atom is -0.488 e. The first-order chi connectivity index (χ1) is 17.3. The van der Waals surface area contributed by atoms with Crippen LogP contribution < -0.4 is 14.8 Å². The van der Waals surface area contributed by atoms with E-state index in [2.05, 4.69) is 15.4 Å². The van der Waals surface area contributed by atoms with Crippen molar-refractivity contribution in [3.63, 3.8) is 0 Å². The number of amides is 2. The Morgan fingerprint density at radius 2 is 1.89 bits per heavy atom. The number of hydrogen-bond acceptors (Lipinski definition) is 7. The minimum atomic E-state index is -2.82. The van der Waals surface area contributed by atoms with Crippen LogP contribution in [0.25, 0.3) is 0 Å². The van der Waals surface area contributed by atoms with Crippen molar-refractivity contribution in [2.75, 3.05) is 32.1 Å². The van der Waals surface area contributed by atoms with Crippen LogP contribution in [-0.4, -0.2) is 64.4 Å². The van der Waals surface area contributed by atoms with E-state index in [-0.39, 0.29) is 29.1 Å². The van der Waals surface area contributed by atoms with E-state index in [1.807, 2.05) is 0 Å². The predicted octanol–water partition coefficient (Wildman–Crippen LogP) is 3.98. The molecule has 1 atom stereocenters. The van der Waals surface area contributed by atoms with Crippen molar-refractivity contribution in [3.8, 4) is 17.2 Å². The second-order valence-electron chi connectivity index (χ2n) is 8.12. The second-order valence-corrected chi connectivity index (χ2v) is 8.12. The first-order valence-electron chi connectivity index (χ1n) is 11.2. The van der Waals surface area contributed by atoms with Gasteiger partial charge in [-0.25, -0.2) is 9.67 Å². The molecule has 0 aliphatic carbocycles. The number of methoxy groups -OCH3 is 1. The van der Waals surface area contributed by atoms with Gasteiger partial charge in [-0.2, -0.15) is 13.9 Å². The number of halogens is 2. The number of hydrogen-bond donors (Lipinski definition) is 1. The number of anilines is 1. The minimum absolute atomic E-state index is 0.0338. The van der Waals surface area contributed by atoms with Crippen molar-refractivity contribution >= 4 is 17.6 Å². The van der Waals surface area contributed by atoms with Gasteiger partial charge in [0.05, 0.1) is 12.8 Å². The summed E-state index contributed by atoms with van der Waals surface area (Å²) in [5.74, 6) is 0.177. The Bertz CT molecular complexity index is 1210. The Morgan fingerprint density at radius 1 is 1.11 bits per heavy atom. The van der Waals surface area contributed by atoms with E-state index in [1.54, 1.807) is 37.1 Å². The van der Waals surface area contributed by atoms with Gasteiger partial charge < -0.3 is 24.4 Å². The van der Waals surface area contributed by atoms with E-state index in [4.69, 9.17) is 14.2 Å². The number of likely N-dealkylation sites (tertiary alicyclic amines) is 1. The van der Waals surface area contributed by atoms with Gasteiger partial charge in [0.1, 0.15) is 29.0 Å². The Labute approximate surface area is 205 Å². The van der Waals surface area contributed by atoms with Gasteiger partial charge in [-0.05, 0) is 37.6 Å². The number of pyridine rings is 1. The summed E-state index contributed by atoms with van der Waals surface area (Å²) in [6, 6.07) is 8.99. The van der Waals surface area contributed by atoms with Gasteiger partial charge in [0, 0.05) is 44.1 Å². The van der Waals surface area contributed by atoms with Crippen LogP contribution in [0.4, 0.5) is 14.6 Å². The summed E-state index contributed by atoms with van der Waals surface area (Å²) in [4.78, 5) is 31.0. The molecule has 0 unspecified atom stereocenters. The van der Waals surface area contributed by atoms with Crippen molar-refractivity contribution in [2.24, 2.45) is 0 Å². The third-order valence-electron chi connectivity index (χ3n) is 5.27. The molecular weight excluding hydrogens is 476 g/mol. The molecule has 0 saturated carbocycles. The highest BCUT2D eigenvalue weighted by molar-refractivity contribution is 6.04. The number of rotatable bonds is 10.